The summed E-state index contributed by atoms with van der Waals surface area (Å²) in [6.45, 7) is 3.04. The lowest BCUT2D eigenvalue weighted by Gasteiger charge is -2.15. The Morgan fingerprint density at radius 2 is 1.82 bits per heavy atom. The first-order chi connectivity index (χ1) is 12.9. The minimum absolute atomic E-state index is 0.130. The van der Waals surface area contributed by atoms with Crippen molar-refractivity contribution in [2.75, 3.05) is 0 Å². The van der Waals surface area contributed by atoms with E-state index in [9.17, 15) is 31.9 Å². The van der Waals surface area contributed by atoms with Gasteiger partial charge in [-0.1, -0.05) is 0 Å². The van der Waals surface area contributed by atoms with Crippen LogP contribution in [0.2, 0.25) is 0 Å². The van der Waals surface area contributed by atoms with E-state index in [4.69, 9.17) is 10.00 Å². The number of halogens is 4. The largest absolute Gasteiger partial charge is 0.459 e. The fraction of sp³-hybridized carbons (Fsp3) is 0.294. The minimum Gasteiger partial charge on any atom is -0.459 e. The average molecular weight is 399 g/mol. The second-order valence-corrected chi connectivity index (χ2v) is 5.96. The van der Waals surface area contributed by atoms with Crippen LogP contribution in [0.25, 0.3) is 5.69 Å². The number of carbonyl (C=O) groups excluding carboxylic acids is 1. The van der Waals surface area contributed by atoms with E-state index in [0.29, 0.717) is 12.1 Å². The summed E-state index contributed by atoms with van der Waals surface area (Å²) in [5.41, 5.74) is -6.11. The molecule has 0 atom stereocenters. The van der Waals surface area contributed by atoms with Crippen molar-refractivity contribution in [2.45, 2.75) is 26.1 Å². The molecule has 1 heterocycles. The highest BCUT2D eigenvalue weighted by Crippen LogP contribution is 2.27. The first kappa shape index (κ1) is 20.9. The van der Waals surface area contributed by atoms with E-state index in [2.05, 4.69) is 0 Å². The van der Waals surface area contributed by atoms with Crippen LogP contribution in [-0.4, -0.2) is 21.2 Å². The summed E-state index contributed by atoms with van der Waals surface area (Å²) in [6, 6.07) is 3.02. The molecule has 0 saturated heterocycles. The third kappa shape index (κ3) is 3.80. The molecular weight excluding hydrogens is 386 g/mol. The van der Waals surface area contributed by atoms with Crippen LogP contribution in [0.1, 0.15) is 35.5 Å². The third-order valence-electron chi connectivity index (χ3n) is 3.62. The number of carbonyl (C=O) groups is 1. The summed E-state index contributed by atoms with van der Waals surface area (Å²) >= 11 is 0. The quantitative estimate of drug-likeness (QED) is 0.582. The van der Waals surface area contributed by atoms with Gasteiger partial charge in [0.25, 0.3) is 5.56 Å². The summed E-state index contributed by atoms with van der Waals surface area (Å²) < 4.78 is 58.4. The Hall–Kier alpha value is -3.42. The van der Waals surface area contributed by atoms with Crippen molar-refractivity contribution in [3.05, 3.63) is 61.7 Å². The van der Waals surface area contributed by atoms with Gasteiger partial charge < -0.3 is 4.74 Å². The van der Waals surface area contributed by atoms with Gasteiger partial charge in [0.05, 0.1) is 22.9 Å². The van der Waals surface area contributed by atoms with Crippen LogP contribution in [-0.2, 0) is 18.0 Å². The highest BCUT2D eigenvalue weighted by molar-refractivity contribution is 5.93. The molecular formula is C17H13F4N3O4. The second-order valence-electron chi connectivity index (χ2n) is 5.96. The van der Waals surface area contributed by atoms with Crippen molar-refractivity contribution in [2.24, 2.45) is 7.05 Å². The first-order valence-corrected chi connectivity index (χ1v) is 7.73. The van der Waals surface area contributed by atoms with Gasteiger partial charge in [0.15, 0.2) is 0 Å². The van der Waals surface area contributed by atoms with Gasteiger partial charge in [-0.05, 0) is 26.0 Å². The molecule has 7 nitrogen and oxygen atoms in total. The van der Waals surface area contributed by atoms with Gasteiger partial charge in [-0.2, -0.15) is 18.4 Å². The number of hydrogen-bond acceptors (Lipinski definition) is 5. The number of alkyl halides is 3. The Morgan fingerprint density at radius 1 is 1.21 bits per heavy atom. The molecule has 0 aliphatic heterocycles. The lowest BCUT2D eigenvalue weighted by molar-refractivity contribution is -0.144. The van der Waals surface area contributed by atoms with Crippen molar-refractivity contribution in [3.8, 4) is 11.8 Å². The highest BCUT2D eigenvalue weighted by atomic mass is 19.4. The van der Waals surface area contributed by atoms with E-state index in [1.807, 2.05) is 0 Å². The highest BCUT2D eigenvalue weighted by Gasteiger charge is 2.35. The number of ether oxygens (including phenoxy) is 1. The van der Waals surface area contributed by atoms with Gasteiger partial charge in [0.2, 0.25) is 0 Å². The summed E-state index contributed by atoms with van der Waals surface area (Å²) in [7, 11) is 0.761. The van der Waals surface area contributed by atoms with Crippen LogP contribution in [0, 0.1) is 17.1 Å². The first-order valence-electron chi connectivity index (χ1n) is 7.73. The van der Waals surface area contributed by atoms with Gasteiger partial charge in [-0.25, -0.2) is 18.5 Å². The zero-order valence-electron chi connectivity index (χ0n) is 14.8. The molecule has 2 aromatic rings. The van der Waals surface area contributed by atoms with Gasteiger partial charge in [0, 0.05) is 13.1 Å². The Kier molecular flexibility index (Phi) is 5.45. The number of benzene rings is 1. The Balaban J connectivity index is 2.82. The number of esters is 1. The number of rotatable bonds is 3. The smallest absolute Gasteiger partial charge is 0.431 e. The molecule has 0 bridgehead atoms. The molecule has 0 aliphatic carbocycles. The monoisotopic (exact) mass is 399 g/mol. The molecule has 2 rings (SSSR count). The fourth-order valence-corrected chi connectivity index (χ4v) is 2.39. The molecule has 0 aliphatic rings. The lowest BCUT2D eigenvalue weighted by atomic mass is 10.1. The predicted molar refractivity (Wildman–Crippen MR) is 87.5 cm³/mol. The van der Waals surface area contributed by atoms with Crippen LogP contribution in [0.3, 0.4) is 0 Å². The minimum atomic E-state index is -4.98. The average Bonchev–Trinajstić information content (AvgIpc) is 2.57. The molecule has 0 amide bonds. The molecule has 148 valence electrons. The Bertz CT molecular complexity index is 1110. The van der Waals surface area contributed by atoms with Gasteiger partial charge in [0.1, 0.15) is 17.6 Å². The predicted octanol–water partition coefficient (Wildman–Crippen LogP) is 2.13. The molecule has 0 N–H and O–H groups in total. The number of nitrogens with zero attached hydrogens (tertiary/aromatic N) is 3. The Labute approximate surface area is 155 Å². The summed E-state index contributed by atoms with van der Waals surface area (Å²) in [4.78, 5) is 36.6. The van der Waals surface area contributed by atoms with Crippen molar-refractivity contribution < 1.29 is 27.1 Å². The zero-order valence-corrected chi connectivity index (χ0v) is 14.8. The van der Waals surface area contributed by atoms with E-state index in [1.165, 1.54) is 13.8 Å². The van der Waals surface area contributed by atoms with E-state index in [-0.39, 0.29) is 15.2 Å². The molecule has 0 spiro atoms. The molecule has 1 aromatic heterocycles. The SMILES string of the molecule is CC(C)OC(=O)c1cc(-n2c(=O)cc(C(F)(F)F)n(C)c2=O)c(F)cc1C#N. The van der Waals surface area contributed by atoms with E-state index < -0.39 is 57.8 Å². The van der Waals surface area contributed by atoms with Crippen LogP contribution in [0.5, 0.6) is 0 Å². The van der Waals surface area contributed by atoms with Crippen LogP contribution < -0.4 is 11.2 Å². The molecule has 1 aromatic carbocycles. The lowest BCUT2D eigenvalue weighted by Crippen LogP contribution is -2.41. The maximum absolute atomic E-state index is 14.4. The van der Waals surface area contributed by atoms with Gasteiger partial charge in [-0.3, -0.25) is 9.36 Å². The van der Waals surface area contributed by atoms with Crippen LogP contribution in [0.15, 0.2) is 27.8 Å². The van der Waals surface area contributed by atoms with Crippen molar-refractivity contribution in [1.29, 1.82) is 5.26 Å². The third-order valence-corrected chi connectivity index (χ3v) is 3.62. The van der Waals surface area contributed by atoms with E-state index in [1.54, 1.807) is 6.07 Å². The fourth-order valence-electron chi connectivity index (χ4n) is 2.39. The summed E-state index contributed by atoms with van der Waals surface area (Å²) in [6.07, 6.45) is -5.57. The van der Waals surface area contributed by atoms with E-state index in [0.717, 1.165) is 7.05 Å². The maximum Gasteiger partial charge on any atom is 0.431 e. The van der Waals surface area contributed by atoms with Crippen LogP contribution in [0.4, 0.5) is 17.6 Å². The molecule has 28 heavy (non-hydrogen) atoms. The summed E-state index contributed by atoms with van der Waals surface area (Å²) in [5.74, 6) is -2.28. The van der Waals surface area contributed by atoms with Gasteiger partial charge >= 0.3 is 17.8 Å². The number of nitriles is 1. The molecule has 0 unspecified atom stereocenters. The molecule has 0 radical (unpaired) electrons. The maximum atomic E-state index is 14.4. The Morgan fingerprint density at radius 3 is 2.32 bits per heavy atom. The number of hydrogen-bond donors (Lipinski definition) is 0. The van der Waals surface area contributed by atoms with Crippen molar-refractivity contribution in [3.63, 3.8) is 0 Å². The van der Waals surface area contributed by atoms with Crippen molar-refractivity contribution >= 4 is 5.97 Å². The van der Waals surface area contributed by atoms with Gasteiger partial charge in [-0.15, -0.1) is 0 Å². The second kappa shape index (κ2) is 7.30. The topological polar surface area (TPSA) is 94.1 Å². The van der Waals surface area contributed by atoms with Crippen molar-refractivity contribution in [1.82, 2.24) is 9.13 Å². The molecule has 0 saturated carbocycles. The molecule has 11 heteroatoms. The number of aromatic nitrogens is 2. The van der Waals surface area contributed by atoms with Crippen LogP contribution >= 0.6 is 0 Å². The standard InChI is InChI=1S/C17H13F4N3O4/c1-8(2)28-15(26)10-5-12(11(18)4-9(10)7-22)24-14(25)6-13(17(19,20)21)23(3)16(24)27/h4-6,8H,1-3H3. The normalized spacial score (nSPS) is 11.4. The van der Waals surface area contributed by atoms with E-state index >= 15 is 0 Å². The zero-order chi connectivity index (χ0) is 21.4. The summed E-state index contributed by atoms with van der Waals surface area (Å²) in [5, 5.41) is 9.08. The molecule has 0 fully saturated rings.